The monoisotopic (exact) mass is 410 g/mol. The molecule has 146 valence electrons. The number of carboxylic acids is 1. The van der Waals surface area contributed by atoms with Crippen LogP contribution >= 0.6 is 11.6 Å². The summed E-state index contributed by atoms with van der Waals surface area (Å²) in [6.07, 6.45) is -1.38. The van der Waals surface area contributed by atoms with Crippen LogP contribution in [-0.2, 0) is 6.54 Å². The number of aromatic carboxylic acids is 1. The molecule has 0 saturated carbocycles. The van der Waals surface area contributed by atoms with E-state index in [9.17, 15) is 18.7 Å². The minimum Gasteiger partial charge on any atom is -0.494 e. The summed E-state index contributed by atoms with van der Waals surface area (Å²) in [6.45, 7) is -0.587. The van der Waals surface area contributed by atoms with E-state index in [2.05, 4.69) is 25.6 Å². The molecule has 0 bridgehead atoms. The third kappa shape index (κ3) is 4.14. The van der Waals surface area contributed by atoms with E-state index < -0.39 is 18.9 Å². The van der Waals surface area contributed by atoms with Crippen molar-refractivity contribution in [3.63, 3.8) is 0 Å². The van der Waals surface area contributed by atoms with E-state index >= 15 is 0 Å². The molecule has 2 aromatic heterocycles. The number of anilines is 2. The molecule has 0 radical (unpaired) electrons. The number of nitrogens with zero attached hydrogens (tertiary/aromatic N) is 5. The van der Waals surface area contributed by atoms with Crippen LogP contribution in [0.4, 0.5) is 20.2 Å². The predicted octanol–water partition coefficient (Wildman–Crippen LogP) is 3.10. The molecule has 0 saturated heterocycles. The molecule has 0 atom stereocenters. The number of alkyl halides is 2. The highest BCUT2D eigenvalue weighted by Crippen LogP contribution is 2.37. The first-order valence-corrected chi connectivity index (χ1v) is 8.15. The van der Waals surface area contributed by atoms with Crippen molar-refractivity contribution in [3.05, 3.63) is 41.4 Å². The summed E-state index contributed by atoms with van der Waals surface area (Å²) in [5, 5.41) is 23.2. The summed E-state index contributed by atoms with van der Waals surface area (Å²) in [6, 6.07) is 6.21. The molecule has 9 nitrogen and oxygen atoms in total. The fourth-order valence-corrected chi connectivity index (χ4v) is 2.59. The molecule has 2 heterocycles. The normalized spacial score (nSPS) is 10.9. The quantitative estimate of drug-likeness (QED) is 0.610. The Bertz CT molecular complexity index is 1010. The average Bonchev–Trinajstić information content (AvgIpc) is 3.09. The van der Waals surface area contributed by atoms with Crippen LogP contribution in [0.3, 0.4) is 0 Å². The highest BCUT2D eigenvalue weighted by atomic mass is 35.5. The van der Waals surface area contributed by atoms with Crippen LogP contribution in [0.2, 0.25) is 5.15 Å². The highest BCUT2D eigenvalue weighted by molar-refractivity contribution is 6.29. The zero-order valence-corrected chi connectivity index (χ0v) is 15.1. The summed E-state index contributed by atoms with van der Waals surface area (Å²) >= 11 is 5.81. The van der Waals surface area contributed by atoms with Gasteiger partial charge in [0.2, 0.25) is 0 Å². The average molecular weight is 411 g/mol. The van der Waals surface area contributed by atoms with Gasteiger partial charge in [-0.25, -0.2) is 23.2 Å². The number of para-hydroxylation sites is 1. The number of carbonyl (C=O) groups is 1. The molecule has 0 amide bonds. The lowest BCUT2D eigenvalue weighted by atomic mass is 10.1. The van der Waals surface area contributed by atoms with Gasteiger partial charge in [0.15, 0.2) is 22.4 Å². The van der Waals surface area contributed by atoms with Gasteiger partial charge in [0, 0.05) is 6.07 Å². The maximum atomic E-state index is 12.5. The molecule has 3 rings (SSSR count). The molecule has 0 aliphatic carbocycles. The second-order valence-electron chi connectivity index (χ2n) is 5.43. The maximum absolute atomic E-state index is 12.5. The molecule has 3 aromatic rings. The van der Waals surface area contributed by atoms with Crippen molar-refractivity contribution in [2.24, 2.45) is 0 Å². The van der Waals surface area contributed by atoms with Crippen LogP contribution < -0.4 is 10.1 Å². The number of rotatable bonds is 7. The Morgan fingerprint density at radius 3 is 2.82 bits per heavy atom. The van der Waals surface area contributed by atoms with E-state index in [0.29, 0.717) is 11.3 Å². The van der Waals surface area contributed by atoms with Gasteiger partial charge >= 0.3 is 5.97 Å². The standard InChI is InChI=1S/C16H13ClF2N6O3/c1-28-14-8(15-20-7-25(24-15)6-12(18)19)3-2-4-9(14)21-10-5-11(17)22-23-13(10)16(26)27/h2-5,7,12H,6H2,1H3,(H,21,22)(H,26,27). The van der Waals surface area contributed by atoms with Crippen molar-refractivity contribution in [3.8, 4) is 17.1 Å². The number of nitrogens with one attached hydrogen (secondary N) is 1. The van der Waals surface area contributed by atoms with Gasteiger partial charge in [-0.05, 0) is 12.1 Å². The fourth-order valence-electron chi connectivity index (χ4n) is 2.45. The Kier molecular flexibility index (Phi) is 5.64. The minimum atomic E-state index is -2.57. The second kappa shape index (κ2) is 8.13. The van der Waals surface area contributed by atoms with Gasteiger partial charge in [-0.3, -0.25) is 0 Å². The van der Waals surface area contributed by atoms with E-state index in [1.807, 2.05) is 0 Å². The van der Waals surface area contributed by atoms with Crippen LogP contribution in [-0.4, -0.2) is 49.6 Å². The summed E-state index contributed by atoms with van der Waals surface area (Å²) < 4.78 is 31.5. The van der Waals surface area contributed by atoms with Crippen LogP contribution in [0.25, 0.3) is 11.4 Å². The molecule has 0 fully saturated rings. The van der Waals surface area contributed by atoms with Crippen LogP contribution in [0.5, 0.6) is 5.75 Å². The molecule has 28 heavy (non-hydrogen) atoms. The summed E-state index contributed by atoms with van der Waals surface area (Å²) in [5.74, 6) is -0.846. The Labute approximate surface area is 161 Å². The van der Waals surface area contributed by atoms with E-state index in [-0.39, 0.29) is 28.1 Å². The number of halogens is 3. The molecule has 12 heteroatoms. The second-order valence-corrected chi connectivity index (χ2v) is 5.81. The van der Waals surface area contributed by atoms with Gasteiger partial charge in [-0.15, -0.1) is 10.2 Å². The topological polar surface area (TPSA) is 115 Å². The molecule has 0 unspecified atom stereocenters. The van der Waals surface area contributed by atoms with Crippen molar-refractivity contribution in [1.29, 1.82) is 0 Å². The third-order valence-corrected chi connectivity index (χ3v) is 3.74. The summed E-state index contributed by atoms with van der Waals surface area (Å²) in [7, 11) is 1.40. The summed E-state index contributed by atoms with van der Waals surface area (Å²) in [4.78, 5) is 15.4. The van der Waals surface area contributed by atoms with Gasteiger partial charge in [-0.1, -0.05) is 17.7 Å². The minimum absolute atomic E-state index is 0.00460. The maximum Gasteiger partial charge on any atom is 0.358 e. The van der Waals surface area contributed by atoms with Crippen molar-refractivity contribution < 1.29 is 23.4 Å². The number of ether oxygens (including phenoxy) is 1. The van der Waals surface area contributed by atoms with Crippen LogP contribution in [0.1, 0.15) is 10.5 Å². The molecular weight excluding hydrogens is 398 g/mol. The highest BCUT2D eigenvalue weighted by Gasteiger charge is 2.19. The van der Waals surface area contributed by atoms with E-state index in [1.54, 1.807) is 18.2 Å². The van der Waals surface area contributed by atoms with Gasteiger partial charge in [0.05, 0.1) is 24.0 Å². The number of benzene rings is 1. The van der Waals surface area contributed by atoms with Gasteiger partial charge in [0.25, 0.3) is 6.43 Å². The van der Waals surface area contributed by atoms with Crippen molar-refractivity contribution in [2.75, 3.05) is 12.4 Å². The molecule has 2 N–H and O–H groups in total. The van der Waals surface area contributed by atoms with Crippen molar-refractivity contribution in [1.82, 2.24) is 25.0 Å². The number of methoxy groups -OCH3 is 1. The van der Waals surface area contributed by atoms with Crippen molar-refractivity contribution >= 4 is 28.9 Å². The first-order chi connectivity index (χ1) is 13.4. The van der Waals surface area contributed by atoms with E-state index in [4.69, 9.17) is 16.3 Å². The Morgan fingerprint density at radius 1 is 1.36 bits per heavy atom. The first kappa shape index (κ1) is 19.4. The molecule has 0 aliphatic heterocycles. The summed E-state index contributed by atoms with van der Waals surface area (Å²) in [5.41, 5.74) is 0.553. The molecule has 0 aliphatic rings. The smallest absolute Gasteiger partial charge is 0.358 e. The molecule has 0 spiro atoms. The number of aromatic nitrogens is 5. The van der Waals surface area contributed by atoms with Gasteiger partial charge in [-0.2, -0.15) is 5.10 Å². The zero-order chi connectivity index (χ0) is 20.3. The van der Waals surface area contributed by atoms with Gasteiger partial charge < -0.3 is 15.2 Å². The van der Waals surface area contributed by atoms with E-state index in [0.717, 1.165) is 4.68 Å². The number of hydrogen-bond donors (Lipinski definition) is 2. The Morgan fingerprint density at radius 2 is 2.14 bits per heavy atom. The van der Waals surface area contributed by atoms with E-state index in [1.165, 1.54) is 19.5 Å². The third-order valence-electron chi connectivity index (χ3n) is 3.56. The molecule has 1 aromatic carbocycles. The lowest BCUT2D eigenvalue weighted by molar-refractivity contribution is 0.0690. The van der Waals surface area contributed by atoms with Crippen LogP contribution in [0, 0.1) is 0 Å². The number of carboxylic acid groups (broad SMARTS) is 1. The lowest BCUT2D eigenvalue weighted by Crippen LogP contribution is -2.08. The first-order valence-electron chi connectivity index (χ1n) is 7.77. The lowest BCUT2D eigenvalue weighted by Gasteiger charge is -2.14. The predicted molar refractivity (Wildman–Crippen MR) is 95.3 cm³/mol. The number of hydrogen-bond acceptors (Lipinski definition) is 7. The Hall–Kier alpha value is -3.34. The zero-order valence-electron chi connectivity index (χ0n) is 14.3. The fraction of sp³-hybridized carbons (Fsp3) is 0.188. The Balaban J connectivity index is 2.01. The largest absolute Gasteiger partial charge is 0.494 e. The van der Waals surface area contributed by atoms with Gasteiger partial charge in [0.1, 0.15) is 12.9 Å². The van der Waals surface area contributed by atoms with Crippen molar-refractivity contribution in [2.45, 2.75) is 13.0 Å². The van der Waals surface area contributed by atoms with Crippen LogP contribution in [0.15, 0.2) is 30.6 Å². The SMILES string of the molecule is COc1c(Nc2cc(Cl)nnc2C(=O)O)cccc1-c1ncn(CC(F)F)n1. The molecular formula is C16H13ClF2N6O3.